The summed E-state index contributed by atoms with van der Waals surface area (Å²) in [6.07, 6.45) is 14.6. The first kappa shape index (κ1) is 37.2. The Bertz CT molecular complexity index is 3590. The Balaban J connectivity index is 1.10. The summed E-state index contributed by atoms with van der Waals surface area (Å²) in [5, 5.41) is 4.34. The molecule has 3 aliphatic rings. The quantitative estimate of drug-likeness (QED) is 0.159. The average molecular weight is 828 g/mol. The highest BCUT2D eigenvalue weighted by molar-refractivity contribution is 6.22. The first-order chi connectivity index (χ1) is 32.2. The van der Waals surface area contributed by atoms with Crippen LogP contribution in [0.1, 0.15) is 34.2 Å². The maximum Gasteiger partial charge on any atom is 0.143 e. The molecule has 13 rings (SSSR count). The maximum atomic E-state index is 6.94. The fourth-order valence-corrected chi connectivity index (χ4v) is 11.0. The van der Waals surface area contributed by atoms with Crippen LogP contribution in [0.5, 0.6) is 0 Å². The molecule has 65 heavy (non-hydrogen) atoms. The number of hydrogen-bond donors (Lipinski definition) is 0. The molecular weight excluding hydrogens is 787 g/mol. The van der Waals surface area contributed by atoms with Crippen molar-refractivity contribution in [1.29, 1.82) is 0 Å². The van der Waals surface area contributed by atoms with E-state index in [1.165, 1.54) is 50.1 Å². The van der Waals surface area contributed by atoms with Crippen LogP contribution in [0.2, 0.25) is 0 Å². The van der Waals surface area contributed by atoms with Crippen LogP contribution in [0.15, 0.2) is 241 Å². The highest BCUT2D eigenvalue weighted by Crippen LogP contribution is 2.57. The van der Waals surface area contributed by atoms with Crippen LogP contribution >= 0.6 is 0 Å². The van der Waals surface area contributed by atoms with Gasteiger partial charge in [0, 0.05) is 33.2 Å². The summed E-state index contributed by atoms with van der Waals surface area (Å²) in [6.45, 7) is 0. The van der Waals surface area contributed by atoms with Gasteiger partial charge in [0.05, 0.1) is 16.8 Å². The molecule has 304 valence electrons. The van der Waals surface area contributed by atoms with Gasteiger partial charge in [0.1, 0.15) is 11.2 Å². The van der Waals surface area contributed by atoms with Crippen molar-refractivity contribution in [2.24, 2.45) is 5.92 Å². The topological polar surface area (TPSA) is 16.4 Å². The molecule has 2 nitrogen and oxygen atoms in total. The van der Waals surface area contributed by atoms with E-state index in [0.717, 1.165) is 67.3 Å². The number of hydrogen-bond acceptors (Lipinski definition) is 2. The Morgan fingerprint density at radius 1 is 0.569 bits per heavy atom. The van der Waals surface area contributed by atoms with Gasteiger partial charge in [0.2, 0.25) is 0 Å². The Labute approximate surface area is 379 Å². The first-order valence-corrected chi connectivity index (χ1v) is 22.5. The molecule has 1 heterocycles. The smallest absolute Gasteiger partial charge is 0.143 e. The van der Waals surface area contributed by atoms with E-state index < -0.39 is 5.41 Å². The van der Waals surface area contributed by atoms with Gasteiger partial charge in [0.15, 0.2) is 0 Å². The number of nitrogens with zero attached hydrogens (tertiary/aromatic N) is 1. The molecule has 10 aromatic rings. The van der Waals surface area contributed by atoms with Crippen LogP contribution in [0.25, 0.3) is 60.5 Å². The molecule has 1 unspecified atom stereocenters. The van der Waals surface area contributed by atoms with E-state index in [9.17, 15) is 0 Å². The van der Waals surface area contributed by atoms with Gasteiger partial charge in [-0.15, -0.1) is 0 Å². The van der Waals surface area contributed by atoms with Crippen LogP contribution in [-0.4, -0.2) is 0 Å². The lowest BCUT2D eigenvalue weighted by Gasteiger charge is -2.35. The van der Waals surface area contributed by atoms with Crippen LogP contribution < -0.4 is 4.90 Å². The molecule has 0 bridgehead atoms. The molecule has 0 radical (unpaired) electrons. The van der Waals surface area contributed by atoms with Crippen LogP contribution in [0.3, 0.4) is 0 Å². The number of rotatable bonds is 7. The Hall–Kier alpha value is -8.38. The fraction of sp³-hybridized carbons (Fsp3) is 0.0476. The summed E-state index contributed by atoms with van der Waals surface area (Å²) < 4.78 is 6.94. The van der Waals surface area contributed by atoms with Crippen molar-refractivity contribution in [2.45, 2.75) is 11.8 Å². The second kappa shape index (κ2) is 14.9. The van der Waals surface area contributed by atoms with Gasteiger partial charge in [-0.2, -0.15) is 0 Å². The maximum absolute atomic E-state index is 6.94. The van der Waals surface area contributed by atoms with Gasteiger partial charge >= 0.3 is 0 Å². The van der Waals surface area contributed by atoms with Crippen molar-refractivity contribution < 1.29 is 4.42 Å². The molecular formula is C63H41NO. The Morgan fingerprint density at radius 3 is 2.09 bits per heavy atom. The van der Waals surface area contributed by atoms with E-state index >= 15 is 0 Å². The van der Waals surface area contributed by atoms with Crippen molar-refractivity contribution in [3.8, 4) is 22.3 Å². The highest BCUT2D eigenvalue weighted by Gasteiger charge is 2.46. The molecule has 0 aliphatic heterocycles. The van der Waals surface area contributed by atoms with Gasteiger partial charge < -0.3 is 9.32 Å². The lowest BCUT2D eigenvalue weighted by atomic mass is 9.67. The number of benzene rings is 8. The third-order valence-electron chi connectivity index (χ3n) is 13.9. The predicted octanol–water partition coefficient (Wildman–Crippen LogP) is 16.3. The summed E-state index contributed by atoms with van der Waals surface area (Å²) >= 11 is 0. The Kier molecular flexibility index (Phi) is 8.51. The van der Waals surface area contributed by atoms with E-state index in [1.54, 1.807) is 0 Å². The fourth-order valence-electron chi connectivity index (χ4n) is 11.0. The number of fused-ring (bicyclic) bond motifs is 9. The molecule has 0 fully saturated rings. The second-order valence-corrected chi connectivity index (χ2v) is 17.3. The zero-order chi connectivity index (χ0) is 42.9. The predicted molar refractivity (Wildman–Crippen MR) is 269 cm³/mol. The molecule has 1 aromatic heterocycles. The summed E-state index contributed by atoms with van der Waals surface area (Å²) in [5.41, 5.74) is 17.6. The third kappa shape index (κ3) is 5.76. The second-order valence-electron chi connectivity index (χ2n) is 17.3. The van der Waals surface area contributed by atoms with Gasteiger partial charge in [0.25, 0.3) is 0 Å². The molecule has 3 aliphatic carbocycles. The largest absolute Gasteiger partial charge is 0.455 e. The average Bonchev–Trinajstić information content (AvgIpc) is 3.91. The van der Waals surface area contributed by atoms with Gasteiger partial charge in [-0.3, -0.25) is 0 Å². The van der Waals surface area contributed by atoms with Crippen molar-refractivity contribution in [1.82, 2.24) is 0 Å². The van der Waals surface area contributed by atoms with Gasteiger partial charge in [-0.1, -0.05) is 200 Å². The number of allylic oxidation sites excluding steroid dienone is 8. The minimum absolute atomic E-state index is 0.412. The Morgan fingerprint density at radius 2 is 1.28 bits per heavy atom. The van der Waals surface area contributed by atoms with Crippen molar-refractivity contribution >= 4 is 55.3 Å². The van der Waals surface area contributed by atoms with Crippen LogP contribution in [-0.2, 0) is 5.41 Å². The SMILES string of the molecule is c1cc(-c2ccccc2)cc(N(c2ccc3c(c2)C(c2ccccc2)(c2ccccc2)c2ccccc2-3)c2cc3c(oc4cccc(C5=CCC6C=CC=CC6=C5)c43)c3ccccc23)c#1. The zero-order valence-electron chi connectivity index (χ0n) is 35.6. The normalized spacial score (nSPS) is 15.5. The highest BCUT2D eigenvalue weighted by atomic mass is 16.3. The van der Waals surface area contributed by atoms with E-state index in [0.29, 0.717) is 5.92 Å². The third-order valence-corrected chi connectivity index (χ3v) is 13.9. The molecule has 1 atom stereocenters. The molecule has 0 amide bonds. The van der Waals surface area contributed by atoms with Gasteiger partial charge in [-0.05, 0) is 110 Å². The molecule has 0 saturated heterocycles. The van der Waals surface area contributed by atoms with Crippen molar-refractivity contribution in [3.63, 3.8) is 0 Å². The molecule has 0 saturated carbocycles. The van der Waals surface area contributed by atoms with Gasteiger partial charge in [-0.25, -0.2) is 0 Å². The zero-order valence-corrected chi connectivity index (χ0v) is 35.6. The van der Waals surface area contributed by atoms with Crippen LogP contribution in [0, 0.1) is 18.1 Å². The van der Waals surface area contributed by atoms with Crippen molar-refractivity contribution in [3.05, 3.63) is 276 Å². The van der Waals surface area contributed by atoms with Crippen molar-refractivity contribution in [2.75, 3.05) is 4.90 Å². The number of furan rings is 1. The minimum Gasteiger partial charge on any atom is -0.455 e. The standard InChI is InChI=1S/C63H41NO/c1-4-18-42(19-5-1)45-22-16-27-49(39-45)64(50-36-37-53-52-28-14-15-32-57(52)63(58(53)40-50,47-23-6-2-7-24-47)48-25-8-3-9-26-48)59-41-56-61-51(46-35-34-43-20-10-11-21-44(43)38-46)31-17-33-60(61)65-62(56)55-30-13-12-29-54(55)59/h1-15,17-26,28-33,35-41,43H,34H2. The first-order valence-electron chi connectivity index (χ1n) is 22.5. The van der Waals surface area contributed by atoms with E-state index in [4.69, 9.17) is 4.42 Å². The summed E-state index contributed by atoms with van der Waals surface area (Å²) in [4.78, 5) is 2.40. The van der Waals surface area contributed by atoms with E-state index in [1.807, 2.05) is 6.07 Å². The van der Waals surface area contributed by atoms with E-state index in [-0.39, 0.29) is 0 Å². The summed E-state index contributed by atoms with van der Waals surface area (Å²) in [5.74, 6) is 0.412. The summed E-state index contributed by atoms with van der Waals surface area (Å²) in [7, 11) is 0. The minimum atomic E-state index is -0.565. The molecule has 0 N–H and O–H groups in total. The number of anilines is 3. The lowest BCUT2D eigenvalue weighted by Crippen LogP contribution is -2.28. The molecule has 0 spiro atoms. The summed E-state index contributed by atoms with van der Waals surface area (Å²) in [6, 6.07) is 77.6. The van der Waals surface area contributed by atoms with E-state index in [2.05, 4.69) is 242 Å². The lowest BCUT2D eigenvalue weighted by molar-refractivity contribution is 0.672. The monoisotopic (exact) mass is 827 g/mol. The molecule has 9 aromatic carbocycles. The van der Waals surface area contributed by atoms with Crippen LogP contribution in [0.4, 0.5) is 17.1 Å². The molecule has 2 heteroatoms.